The molecule has 0 radical (unpaired) electrons. The number of hydrogen-bond donors (Lipinski definition) is 3. The number of hydrogen-bond acceptors (Lipinski definition) is 2. The van der Waals surface area contributed by atoms with Gasteiger partial charge in [0.2, 0.25) is 0 Å². The number of nitrogens with one attached hydrogen (secondary N) is 3. The van der Waals surface area contributed by atoms with Crippen molar-refractivity contribution in [2.45, 2.75) is 6.54 Å². The zero-order chi connectivity index (χ0) is 15.1. The first-order valence-electron chi connectivity index (χ1n) is 6.60. The molecule has 0 aliphatic carbocycles. The van der Waals surface area contributed by atoms with Crippen molar-refractivity contribution in [2.75, 3.05) is 12.4 Å². The van der Waals surface area contributed by atoms with Gasteiger partial charge in [0.05, 0.1) is 0 Å². The van der Waals surface area contributed by atoms with Crippen molar-refractivity contribution in [1.29, 1.82) is 0 Å². The fourth-order valence-corrected chi connectivity index (χ4v) is 1.80. The topological polar surface area (TPSA) is 70.2 Å². The quantitative estimate of drug-likeness (QED) is 0.806. The van der Waals surface area contributed by atoms with Crippen LogP contribution in [0.1, 0.15) is 15.9 Å². The summed E-state index contributed by atoms with van der Waals surface area (Å²) in [6, 6.07) is 16.1. The Hall–Kier alpha value is -2.82. The summed E-state index contributed by atoms with van der Waals surface area (Å²) in [6.07, 6.45) is 0. The number of carbonyl (C=O) groups excluding carboxylic acids is 2. The number of amides is 3. The Morgan fingerprint density at radius 2 is 1.62 bits per heavy atom. The van der Waals surface area contributed by atoms with Gasteiger partial charge in [0.15, 0.2) is 0 Å². The van der Waals surface area contributed by atoms with Crippen molar-refractivity contribution < 1.29 is 9.59 Å². The van der Waals surface area contributed by atoms with E-state index < -0.39 is 0 Å². The van der Waals surface area contributed by atoms with Gasteiger partial charge in [0.25, 0.3) is 5.91 Å². The summed E-state index contributed by atoms with van der Waals surface area (Å²) < 4.78 is 0. The largest absolute Gasteiger partial charge is 0.355 e. The van der Waals surface area contributed by atoms with Gasteiger partial charge in [-0.05, 0) is 29.8 Å². The lowest BCUT2D eigenvalue weighted by atomic mass is 10.2. The molecule has 3 amide bonds. The summed E-state index contributed by atoms with van der Waals surface area (Å²) in [5, 5.41) is 8.02. The highest BCUT2D eigenvalue weighted by Crippen LogP contribution is 2.09. The Labute approximate surface area is 123 Å². The van der Waals surface area contributed by atoms with Crippen LogP contribution in [-0.4, -0.2) is 19.0 Å². The van der Waals surface area contributed by atoms with Gasteiger partial charge in [-0.2, -0.15) is 0 Å². The van der Waals surface area contributed by atoms with Crippen molar-refractivity contribution in [3.05, 3.63) is 65.7 Å². The fraction of sp³-hybridized carbons (Fsp3) is 0.125. The van der Waals surface area contributed by atoms with Crippen molar-refractivity contribution in [2.24, 2.45) is 0 Å². The minimum absolute atomic E-state index is 0.157. The summed E-state index contributed by atoms with van der Waals surface area (Å²) in [5.41, 5.74) is 2.21. The Bertz CT molecular complexity index is 609. The highest BCUT2D eigenvalue weighted by Gasteiger charge is 2.04. The number of anilines is 1. The second-order valence-corrected chi connectivity index (χ2v) is 4.45. The SMILES string of the molecule is CNC(=O)c1ccc(NC(=O)NCc2ccccc2)cc1. The minimum Gasteiger partial charge on any atom is -0.355 e. The van der Waals surface area contributed by atoms with Crippen LogP contribution in [-0.2, 0) is 6.54 Å². The Balaban J connectivity index is 1.86. The van der Waals surface area contributed by atoms with Crippen LogP contribution in [0, 0.1) is 0 Å². The molecule has 0 saturated heterocycles. The van der Waals surface area contributed by atoms with Crippen LogP contribution in [0.4, 0.5) is 10.5 Å². The zero-order valence-corrected chi connectivity index (χ0v) is 11.7. The Kier molecular flexibility index (Phi) is 4.93. The van der Waals surface area contributed by atoms with E-state index in [1.54, 1.807) is 31.3 Å². The van der Waals surface area contributed by atoms with Crippen LogP contribution >= 0.6 is 0 Å². The maximum atomic E-state index is 11.8. The highest BCUT2D eigenvalue weighted by atomic mass is 16.2. The summed E-state index contributed by atoms with van der Waals surface area (Å²) in [6.45, 7) is 0.461. The van der Waals surface area contributed by atoms with Crippen LogP contribution in [0.2, 0.25) is 0 Å². The molecule has 0 fully saturated rings. The molecule has 2 aromatic rings. The predicted molar refractivity (Wildman–Crippen MR) is 82.1 cm³/mol. The molecule has 0 bridgehead atoms. The monoisotopic (exact) mass is 283 g/mol. The average Bonchev–Trinajstić information content (AvgIpc) is 2.54. The molecule has 0 atom stereocenters. The van der Waals surface area contributed by atoms with Gasteiger partial charge in [-0.3, -0.25) is 4.79 Å². The molecule has 0 unspecified atom stereocenters. The van der Waals surface area contributed by atoms with Crippen LogP contribution in [0.5, 0.6) is 0 Å². The summed E-state index contributed by atoms with van der Waals surface area (Å²) in [5.74, 6) is -0.157. The van der Waals surface area contributed by atoms with Gasteiger partial charge in [0, 0.05) is 24.8 Å². The molecule has 0 saturated carbocycles. The molecule has 21 heavy (non-hydrogen) atoms. The van der Waals surface area contributed by atoms with E-state index in [0.717, 1.165) is 5.56 Å². The van der Waals surface area contributed by atoms with Crippen LogP contribution in [0.3, 0.4) is 0 Å². The molecule has 2 rings (SSSR count). The van der Waals surface area contributed by atoms with E-state index >= 15 is 0 Å². The average molecular weight is 283 g/mol. The first-order valence-corrected chi connectivity index (χ1v) is 6.60. The van der Waals surface area contributed by atoms with Crippen LogP contribution < -0.4 is 16.0 Å². The smallest absolute Gasteiger partial charge is 0.319 e. The highest BCUT2D eigenvalue weighted by molar-refractivity contribution is 5.95. The van der Waals surface area contributed by atoms with Crippen LogP contribution in [0.15, 0.2) is 54.6 Å². The third-order valence-electron chi connectivity index (χ3n) is 2.93. The molecule has 0 aliphatic heterocycles. The maximum absolute atomic E-state index is 11.8. The van der Waals surface area contributed by atoms with Gasteiger partial charge in [-0.25, -0.2) is 4.79 Å². The van der Waals surface area contributed by atoms with Gasteiger partial charge in [-0.15, -0.1) is 0 Å². The molecule has 3 N–H and O–H groups in total. The molecule has 5 nitrogen and oxygen atoms in total. The Morgan fingerprint density at radius 3 is 2.24 bits per heavy atom. The van der Waals surface area contributed by atoms with E-state index in [0.29, 0.717) is 17.8 Å². The lowest BCUT2D eigenvalue weighted by molar-refractivity contribution is 0.0963. The lowest BCUT2D eigenvalue weighted by Gasteiger charge is -2.08. The van der Waals surface area contributed by atoms with Crippen molar-refractivity contribution in [3.63, 3.8) is 0 Å². The molecule has 2 aromatic carbocycles. The van der Waals surface area contributed by atoms with Gasteiger partial charge >= 0.3 is 6.03 Å². The number of rotatable bonds is 4. The molecular weight excluding hydrogens is 266 g/mol. The number of urea groups is 1. The normalized spacial score (nSPS) is 9.76. The molecule has 0 aromatic heterocycles. The third-order valence-corrected chi connectivity index (χ3v) is 2.93. The minimum atomic E-state index is -0.286. The maximum Gasteiger partial charge on any atom is 0.319 e. The second kappa shape index (κ2) is 7.09. The molecule has 5 heteroatoms. The van der Waals surface area contributed by atoms with E-state index in [1.807, 2.05) is 30.3 Å². The standard InChI is InChI=1S/C16H17N3O2/c1-17-15(20)13-7-9-14(10-8-13)19-16(21)18-11-12-5-3-2-4-6-12/h2-10H,11H2,1H3,(H,17,20)(H2,18,19,21). The van der Waals surface area contributed by atoms with E-state index in [1.165, 1.54) is 0 Å². The van der Waals surface area contributed by atoms with E-state index in [-0.39, 0.29) is 11.9 Å². The van der Waals surface area contributed by atoms with E-state index in [9.17, 15) is 9.59 Å². The van der Waals surface area contributed by atoms with Crippen molar-refractivity contribution in [1.82, 2.24) is 10.6 Å². The number of benzene rings is 2. The molecule has 108 valence electrons. The summed E-state index contributed by atoms with van der Waals surface area (Å²) >= 11 is 0. The van der Waals surface area contributed by atoms with E-state index in [4.69, 9.17) is 0 Å². The van der Waals surface area contributed by atoms with E-state index in [2.05, 4.69) is 16.0 Å². The number of carbonyl (C=O) groups is 2. The molecule has 0 heterocycles. The van der Waals surface area contributed by atoms with Gasteiger partial charge in [-0.1, -0.05) is 30.3 Å². The van der Waals surface area contributed by atoms with Gasteiger partial charge in [0.1, 0.15) is 0 Å². The summed E-state index contributed by atoms with van der Waals surface area (Å²) in [7, 11) is 1.57. The summed E-state index contributed by atoms with van der Waals surface area (Å²) in [4.78, 5) is 23.2. The first kappa shape index (κ1) is 14.6. The fourth-order valence-electron chi connectivity index (χ4n) is 1.80. The molecular formula is C16H17N3O2. The zero-order valence-electron chi connectivity index (χ0n) is 11.7. The van der Waals surface area contributed by atoms with Gasteiger partial charge < -0.3 is 16.0 Å². The molecule has 0 aliphatic rings. The lowest BCUT2D eigenvalue weighted by Crippen LogP contribution is -2.28. The second-order valence-electron chi connectivity index (χ2n) is 4.45. The van der Waals surface area contributed by atoms with Crippen molar-refractivity contribution in [3.8, 4) is 0 Å². The molecule has 0 spiro atoms. The Morgan fingerprint density at radius 1 is 0.952 bits per heavy atom. The first-order chi connectivity index (χ1) is 10.2. The predicted octanol–water partition coefficient (Wildman–Crippen LogP) is 2.37. The third kappa shape index (κ3) is 4.35. The van der Waals surface area contributed by atoms with Crippen LogP contribution in [0.25, 0.3) is 0 Å². The van der Waals surface area contributed by atoms with Crippen molar-refractivity contribution >= 4 is 17.6 Å².